The Morgan fingerprint density at radius 2 is 2.15 bits per heavy atom. The third kappa shape index (κ3) is 4.44. The summed E-state index contributed by atoms with van der Waals surface area (Å²) < 4.78 is 7.46. The zero-order valence-corrected chi connectivity index (χ0v) is 16.4. The highest BCUT2D eigenvalue weighted by Crippen LogP contribution is 2.38. The topological polar surface area (TPSA) is 69.9 Å². The van der Waals surface area contributed by atoms with Gasteiger partial charge in [0.15, 0.2) is 11.0 Å². The van der Waals surface area contributed by atoms with Crippen molar-refractivity contribution in [2.24, 2.45) is 5.92 Å². The Morgan fingerprint density at radius 1 is 1.35 bits per heavy atom. The van der Waals surface area contributed by atoms with E-state index in [0.29, 0.717) is 12.0 Å². The van der Waals surface area contributed by atoms with Gasteiger partial charge in [-0.1, -0.05) is 31.5 Å². The van der Waals surface area contributed by atoms with Crippen LogP contribution in [0.1, 0.15) is 52.5 Å². The van der Waals surface area contributed by atoms with Crippen molar-refractivity contribution in [1.29, 1.82) is 0 Å². The largest absolute Gasteiger partial charge is 0.462 e. The van der Waals surface area contributed by atoms with Gasteiger partial charge in [-0.2, -0.15) is 0 Å². The van der Waals surface area contributed by atoms with E-state index in [1.807, 2.05) is 32.2 Å². The number of ether oxygens (including phenoxy) is 1. The molecule has 7 heteroatoms. The Hall–Kier alpha value is -1.89. The maximum atomic E-state index is 11.9. The molecule has 0 radical (unpaired) electrons. The van der Waals surface area contributed by atoms with Crippen molar-refractivity contribution in [1.82, 2.24) is 19.7 Å². The van der Waals surface area contributed by atoms with Crippen LogP contribution in [0, 0.1) is 5.92 Å². The first kappa shape index (κ1) is 18.9. The van der Waals surface area contributed by atoms with Crippen LogP contribution >= 0.6 is 11.8 Å². The third-order valence-corrected chi connectivity index (χ3v) is 5.58. The minimum Gasteiger partial charge on any atom is -0.462 e. The summed E-state index contributed by atoms with van der Waals surface area (Å²) in [5.74, 6) is 1.40. The van der Waals surface area contributed by atoms with Gasteiger partial charge in [0.05, 0.1) is 11.9 Å². The number of nitrogens with zero attached hydrogens (tertiary/aromatic N) is 4. The van der Waals surface area contributed by atoms with Crippen LogP contribution in [0.25, 0.3) is 11.4 Å². The lowest BCUT2D eigenvalue weighted by molar-refractivity contribution is -0.144. The molecule has 6 nitrogen and oxygen atoms in total. The fourth-order valence-electron chi connectivity index (χ4n) is 3.47. The lowest BCUT2D eigenvalue weighted by Gasteiger charge is -2.31. The van der Waals surface area contributed by atoms with Gasteiger partial charge >= 0.3 is 5.97 Å². The van der Waals surface area contributed by atoms with Gasteiger partial charge in [-0.25, -0.2) is 0 Å². The molecule has 1 aliphatic rings. The maximum absolute atomic E-state index is 11.9. The highest BCUT2D eigenvalue weighted by molar-refractivity contribution is 7.99. The Morgan fingerprint density at radius 3 is 2.85 bits per heavy atom. The van der Waals surface area contributed by atoms with E-state index in [9.17, 15) is 4.79 Å². The molecular formula is C19H26N4O2S. The average molecular weight is 375 g/mol. The summed E-state index contributed by atoms with van der Waals surface area (Å²) in [5, 5.41) is 9.61. The zero-order chi connectivity index (χ0) is 18.5. The van der Waals surface area contributed by atoms with Crippen molar-refractivity contribution < 1.29 is 9.53 Å². The quantitative estimate of drug-likeness (QED) is 0.559. The number of rotatable bonds is 6. The van der Waals surface area contributed by atoms with Crippen molar-refractivity contribution in [3.63, 3.8) is 0 Å². The van der Waals surface area contributed by atoms with Gasteiger partial charge < -0.3 is 4.74 Å². The molecule has 0 amide bonds. The number of pyridine rings is 1. The first-order valence-electron chi connectivity index (χ1n) is 9.24. The molecule has 0 saturated heterocycles. The van der Waals surface area contributed by atoms with Gasteiger partial charge in [-0.3, -0.25) is 14.3 Å². The number of hydrogen-bond acceptors (Lipinski definition) is 6. The van der Waals surface area contributed by atoms with Crippen molar-refractivity contribution in [3.8, 4) is 11.4 Å². The van der Waals surface area contributed by atoms with Crippen LogP contribution in [0.2, 0.25) is 0 Å². The van der Waals surface area contributed by atoms with Crippen molar-refractivity contribution in [3.05, 3.63) is 24.5 Å². The molecular weight excluding hydrogens is 348 g/mol. The predicted octanol–water partition coefficient (Wildman–Crippen LogP) is 4.14. The number of hydrogen-bond donors (Lipinski definition) is 0. The van der Waals surface area contributed by atoms with Crippen LogP contribution in [0.5, 0.6) is 0 Å². The SMILES string of the molecule is CC(C)OC(=O)CSc1nnc(-c2cccnc2)n1[C@@H]1CCCC[C@H]1C. The Bertz CT molecular complexity index is 732. The normalized spacial score (nSPS) is 20.3. The van der Waals surface area contributed by atoms with E-state index in [1.54, 1.807) is 6.20 Å². The molecule has 1 aliphatic carbocycles. The van der Waals surface area contributed by atoms with Gasteiger partial charge in [-0.05, 0) is 44.7 Å². The summed E-state index contributed by atoms with van der Waals surface area (Å²) in [6.07, 6.45) is 8.25. The van der Waals surface area contributed by atoms with E-state index >= 15 is 0 Å². The smallest absolute Gasteiger partial charge is 0.316 e. The first-order chi connectivity index (χ1) is 12.6. The molecule has 1 fully saturated rings. The summed E-state index contributed by atoms with van der Waals surface area (Å²) >= 11 is 1.40. The van der Waals surface area contributed by atoms with Crippen molar-refractivity contribution >= 4 is 17.7 Å². The second-order valence-corrected chi connectivity index (χ2v) is 8.02. The molecule has 0 spiro atoms. The first-order valence-corrected chi connectivity index (χ1v) is 10.2. The molecule has 0 bridgehead atoms. The molecule has 2 aromatic heterocycles. The van der Waals surface area contributed by atoms with Crippen LogP contribution in [-0.4, -0.2) is 37.6 Å². The molecule has 2 aromatic rings. The van der Waals surface area contributed by atoms with E-state index in [1.165, 1.54) is 31.0 Å². The highest BCUT2D eigenvalue weighted by Gasteiger charge is 2.29. The van der Waals surface area contributed by atoms with Gasteiger partial charge in [0, 0.05) is 24.0 Å². The second kappa shape index (κ2) is 8.66. The number of carbonyl (C=O) groups is 1. The Balaban J connectivity index is 1.89. The van der Waals surface area contributed by atoms with Crippen LogP contribution < -0.4 is 0 Å². The fourth-order valence-corrected chi connectivity index (χ4v) is 4.24. The molecule has 0 N–H and O–H groups in total. The summed E-state index contributed by atoms with van der Waals surface area (Å²) in [4.78, 5) is 16.2. The molecule has 2 heterocycles. The fraction of sp³-hybridized carbons (Fsp3) is 0.579. The molecule has 3 rings (SSSR count). The van der Waals surface area contributed by atoms with Crippen molar-refractivity contribution in [2.75, 3.05) is 5.75 Å². The van der Waals surface area contributed by atoms with E-state index < -0.39 is 0 Å². The second-order valence-electron chi connectivity index (χ2n) is 7.07. The molecule has 140 valence electrons. The van der Waals surface area contributed by atoms with Crippen LogP contribution in [0.3, 0.4) is 0 Å². The number of carbonyl (C=O) groups excluding carboxylic acids is 1. The van der Waals surface area contributed by atoms with Crippen LogP contribution in [-0.2, 0) is 9.53 Å². The van der Waals surface area contributed by atoms with E-state index in [-0.39, 0.29) is 17.8 Å². The minimum atomic E-state index is -0.223. The monoisotopic (exact) mass is 374 g/mol. The van der Waals surface area contributed by atoms with E-state index in [2.05, 4.69) is 26.7 Å². The average Bonchev–Trinajstić information content (AvgIpc) is 3.04. The van der Waals surface area contributed by atoms with E-state index in [4.69, 9.17) is 4.74 Å². The van der Waals surface area contributed by atoms with Crippen LogP contribution in [0.4, 0.5) is 0 Å². The Labute approximate surface area is 158 Å². The van der Waals surface area contributed by atoms with Gasteiger partial charge in [-0.15, -0.1) is 10.2 Å². The number of thioether (sulfide) groups is 1. The van der Waals surface area contributed by atoms with Gasteiger partial charge in [0.25, 0.3) is 0 Å². The number of aromatic nitrogens is 4. The molecule has 1 saturated carbocycles. The zero-order valence-electron chi connectivity index (χ0n) is 15.6. The van der Waals surface area contributed by atoms with Gasteiger partial charge in [0.2, 0.25) is 0 Å². The number of esters is 1. The Kier molecular flexibility index (Phi) is 6.29. The predicted molar refractivity (Wildman–Crippen MR) is 102 cm³/mol. The van der Waals surface area contributed by atoms with Crippen LogP contribution in [0.15, 0.2) is 29.7 Å². The molecule has 26 heavy (non-hydrogen) atoms. The summed E-state index contributed by atoms with van der Waals surface area (Å²) in [6, 6.07) is 4.26. The highest BCUT2D eigenvalue weighted by atomic mass is 32.2. The molecule has 0 aromatic carbocycles. The standard InChI is InChI=1S/C19H26N4O2S/c1-13(2)25-17(24)12-26-19-22-21-18(15-8-6-10-20-11-15)23(19)16-9-5-4-7-14(16)3/h6,8,10-11,13-14,16H,4-5,7,9,12H2,1-3H3/t14-,16-/m1/s1. The molecule has 2 atom stereocenters. The summed E-state index contributed by atoms with van der Waals surface area (Å²) in [7, 11) is 0. The molecule has 0 unspecified atom stereocenters. The minimum absolute atomic E-state index is 0.106. The van der Waals surface area contributed by atoms with E-state index in [0.717, 1.165) is 23.0 Å². The summed E-state index contributed by atoms with van der Waals surface area (Å²) in [5.41, 5.74) is 0.953. The van der Waals surface area contributed by atoms with Crippen molar-refractivity contribution in [2.45, 2.75) is 63.8 Å². The van der Waals surface area contributed by atoms with Gasteiger partial charge in [0.1, 0.15) is 0 Å². The molecule has 0 aliphatic heterocycles. The maximum Gasteiger partial charge on any atom is 0.316 e. The lowest BCUT2D eigenvalue weighted by Crippen LogP contribution is -2.23. The third-order valence-electron chi connectivity index (χ3n) is 4.67. The summed E-state index contributed by atoms with van der Waals surface area (Å²) in [6.45, 7) is 6.00. The lowest BCUT2D eigenvalue weighted by atomic mass is 9.85.